The lowest BCUT2D eigenvalue weighted by Gasteiger charge is -2.33. The summed E-state index contributed by atoms with van der Waals surface area (Å²) >= 11 is 3.19. The fraction of sp³-hybridized carbons (Fsp3) is 0.353. The summed E-state index contributed by atoms with van der Waals surface area (Å²) in [7, 11) is 0. The highest BCUT2D eigenvalue weighted by Gasteiger charge is 2.44. The molecule has 0 bridgehead atoms. The number of aromatic amines is 1. The Morgan fingerprint density at radius 1 is 1.36 bits per heavy atom. The average Bonchev–Trinajstić information content (AvgIpc) is 2.92. The fourth-order valence-electron chi connectivity index (χ4n) is 3.58. The third-order valence-corrected chi connectivity index (χ3v) is 5.30. The van der Waals surface area contributed by atoms with Gasteiger partial charge in [0.2, 0.25) is 0 Å². The van der Waals surface area contributed by atoms with Crippen LogP contribution in [0.1, 0.15) is 24.0 Å². The minimum Gasteiger partial charge on any atom is -0.368 e. The number of nitrogens with zero attached hydrogens (tertiary/aromatic N) is 2. The standard InChI is InChI=1S/C17H15BrFN3O3/c1-2-22-16-15(17(24)21-22)13(8-3-4-10(19)9(18)5-8)14-11(20-16)6-25-7-12(14)23/h3-5,13-14H,2,6-7H2,1H3,(H,21,24). The van der Waals surface area contributed by atoms with Gasteiger partial charge < -0.3 is 4.74 Å². The number of nitrogens with one attached hydrogen (secondary N) is 1. The van der Waals surface area contributed by atoms with Crippen molar-refractivity contribution in [2.24, 2.45) is 10.9 Å². The molecular weight excluding hydrogens is 393 g/mol. The van der Waals surface area contributed by atoms with Gasteiger partial charge in [-0.25, -0.2) is 9.38 Å². The quantitative estimate of drug-likeness (QED) is 0.830. The second-order valence-corrected chi connectivity index (χ2v) is 6.97. The minimum absolute atomic E-state index is 0.00965. The maximum atomic E-state index is 13.7. The molecule has 6 nitrogen and oxygen atoms in total. The molecule has 0 amide bonds. The molecular formula is C17H15BrFN3O3. The van der Waals surface area contributed by atoms with Gasteiger partial charge in [-0.1, -0.05) is 6.07 Å². The summed E-state index contributed by atoms with van der Waals surface area (Å²) in [6, 6.07) is 4.57. The van der Waals surface area contributed by atoms with Crippen LogP contribution in [0.2, 0.25) is 0 Å². The molecule has 2 atom stereocenters. The molecule has 2 aromatic rings. The van der Waals surface area contributed by atoms with Gasteiger partial charge in [-0.3, -0.25) is 19.4 Å². The summed E-state index contributed by atoms with van der Waals surface area (Å²) < 4.78 is 21.0. The Morgan fingerprint density at radius 2 is 2.16 bits per heavy atom. The summed E-state index contributed by atoms with van der Waals surface area (Å²) in [6.07, 6.45) is 0. The van der Waals surface area contributed by atoms with E-state index in [2.05, 4.69) is 26.0 Å². The predicted octanol–water partition coefficient (Wildman–Crippen LogP) is 2.53. The summed E-state index contributed by atoms with van der Waals surface area (Å²) in [6.45, 7) is 2.68. The molecule has 0 aliphatic carbocycles. The Morgan fingerprint density at radius 3 is 2.88 bits per heavy atom. The zero-order chi connectivity index (χ0) is 17.7. The summed E-state index contributed by atoms with van der Waals surface area (Å²) in [5.74, 6) is -1.07. The molecule has 8 heteroatoms. The van der Waals surface area contributed by atoms with Gasteiger partial charge in [0.1, 0.15) is 12.4 Å². The zero-order valence-electron chi connectivity index (χ0n) is 13.4. The number of aromatic nitrogens is 2. The Hall–Kier alpha value is -2.06. The van der Waals surface area contributed by atoms with Crippen LogP contribution in [0.25, 0.3) is 0 Å². The van der Waals surface area contributed by atoms with Crippen molar-refractivity contribution in [2.45, 2.75) is 19.4 Å². The fourth-order valence-corrected chi connectivity index (χ4v) is 3.98. The number of benzene rings is 1. The zero-order valence-corrected chi connectivity index (χ0v) is 15.0. The van der Waals surface area contributed by atoms with Gasteiger partial charge in [-0.15, -0.1) is 0 Å². The molecule has 3 heterocycles. The highest BCUT2D eigenvalue weighted by Crippen LogP contribution is 2.42. The van der Waals surface area contributed by atoms with Gasteiger partial charge in [0, 0.05) is 12.5 Å². The van der Waals surface area contributed by atoms with Crippen LogP contribution in [0.15, 0.2) is 32.5 Å². The van der Waals surface area contributed by atoms with Crippen molar-refractivity contribution in [3.05, 3.63) is 50.0 Å². The molecule has 1 aromatic heterocycles. The van der Waals surface area contributed by atoms with Crippen LogP contribution < -0.4 is 5.56 Å². The molecule has 1 fully saturated rings. The first-order chi connectivity index (χ1) is 12.0. The maximum Gasteiger partial charge on any atom is 0.270 e. The van der Waals surface area contributed by atoms with E-state index in [9.17, 15) is 14.0 Å². The van der Waals surface area contributed by atoms with Crippen LogP contribution in [0.5, 0.6) is 0 Å². The van der Waals surface area contributed by atoms with Gasteiger partial charge >= 0.3 is 0 Å². The number of carbonyl (C=O) groups excluding carboxylic acids is 1. The van der Waals surface area contributed by atoms with Crippen molar-refractivity contribution in [3.63, 3.8) is 0 Å². The normalized spacial score (nSPS) is 22.4. The first-order valence-corrected chi connectivity index (χ1v) is 8.76. The maximum absolute atomic E-state index is 13.7. The van der Waals surface area contributed by atoms with Crippen LogP contribution in [0.3, 0.4) is 0 Å². The van der Waals surface area contributed by atoms with Gasteiger partial charge in [0.05, 0.1) is 28.3 Å². The topological polar surface area (TPSA) is 76.4 Å². The van der Waals surface area contributed by atoms with Crippen LogP contribution in [-0.2, 0) is 16.1 Å². The van der Waals surface area contributed by atoms with Crippen molar-refractivity contribution in [2.75, 3.05) is 13.2 Å². The first-order valence-electron chi connectivity index (χ1n) is 7.96. The lowest BCUT2D eigenvalue weighted by molar-refractivity contribution is -0.127. The van der Waals surface area contributed by atoms with E-state index in [1.165, 1.54) is 6.07 Å². The van der Waals surface area contributed by atoms with Crippen LogP contribution in [0.4, 0.5) is 10.2 Å². The number of halogens is 2. The van der Waals surface area contributed by atoms with Crippen molar-refractivity contribution < 1.29 is 13.9 Å². The van der Waals surface area contributed by atoms with Crippen molar-refractivity contribution in [3.8, 4) is 0 Å². The molecule has 2 aliphatic heterocycles. The SMILES string of the molecule is CCn1[nH]c(=O)c2c1N=C1COCC(=O)C1C2c1ccc(F)c(Br)c1. The number of ether oxygens (including phenoxy) is 1. The van der Waals surface area contributed by atoms with Gasteiger partial charge in [0.15, 0.2) is 11.6 Å². The molecule has 0 spiro atoms. The van der Waals surface area contributed by atoms with E-state index >= 15 is 0 Å². The second kappa shape index (κ2) is 6.03. The number of carbonyl (C=O) groups is 1. The van der Waals surface area contributed by atoms with E-state index in [0.717, 1.165) is 0 Å². The number of rotatable bonds is 2. The number of H-pyrrole nitrogens is 1. The van der Waals surface area contributed by atoms with Crippen LogP contribution in [0, 0.1) is 11.7 Å². The molecule has 2 unspecified atom stereocenters. The van der Waals surface area contributed by atoms with Crippen LogP contribution in [-0.4, -0.2) is 34.5 Å². The number of hydrogen-bond donors (Lipinski definition) is 1. The molecule has 1 saturated heterocycles. The Bertz CT molecular complexity index is 963. The number of ketones is 1. The van der Waals surface area contributed by atoms with Crippen molar-refractivity contribution in [1.29, 1.82) is 0 Å². The lowest BCUT2D eigenvalue weighted by Crippen LogP contribution is -2.43. The number of aryl methyl sites for hydroxylation is 1. The summed E-state index contributed by atoms with van der Waals surface area (Å²) in [4.78, 5) is 29.7. The smallest absolute Gasteiger partial charge is 0.270 e. The number of fused-ring (bicyclic) bond motifs is 2. The van der Waals surface area contributed by atoms with Crippen LogP contribution >= 0.6 is 15.9 Å². The van der Waals surface area contributed by atoms with Crippen molar-refractivity contribution in [1.82, 2.24) is 9.78 Å². The monoisotopic (exact) mass is 407 g/mol. The Kier molecular flexibility index (Phi) is 3.96. The van der Waals surface area contributed by atoms with E-state index in [0.29, 0.717) is 33.7 Å². The summed E-state index contributed by atoms with van der Waals surface area (Å²) in [5, 5.41) is 2.77. The molecule has 4 rings (SSSR count). The molecule has 1 aromatic carbocycles. The average molecular weight is 408 g/mol. The highest BCUT2D eigenvalue weighted by atomic mass is 79.9. The Balaban J connectivity index is 1.98. The molecule has 2 aliphatic rings. The lowest BCUT2D eigenvalue weighted by atomic mass is 9.74. The highest BCUT2D eigenvalue weighted by molar-refractivity contribution is 9.10. The van der Waals surface area contributed by atoms with Crippen molar-refractivity contribution >= 4 is 33.2 Å². The van der Waals surface area contributed by atoms with E-state index < -0.39 is 17.7 Å². The molecule has 0 radical (unpaired) electrons. The largest absolute Gasteiger partial charge is 0.368 e. The molecule has 25 heavy (non-hydrogen) atoms. The molecule has 0 saturated carbocycles. The summed E-state index contributed by atoms with van der Waals surface area (Å²) in [5.41, 5.74) is 1.48. The van der Waals surface area contributed by atoms with Gasteiger partial charge in [-0.05, 0) is 40.5 Å². The predicted molar refractivity (Wildman–Crippen MR) is 93.1 cm³/mol. The second-order valence-electron chi connectivity index (χ2n) is 6.11. The number of aliphatic imine (C=N–C) groups is 1. The molecule has 130 valence electrons. The number of Topliss-reactive ketones (excluding diaryl/α,β-unsaturated/α-hetero) is 1. The van der Waals surface area contributed by atoms with E-state index in [-0.39, 0.29) is 24.6 Å². The van der Waals surface area contributed by atoms with E-state index in [1.807, 2.05) is 6.92 Å². The Labute approximate surface area is 150 Å². The minimum atomic E-state index is -0.563. The third-order valence-electron chi connectivity index (χ3n) is 4.69. The number of hydrogen-bond acceptors (Lipinski definition) is 4. The van der Waals surface area contributed by atoms with Gasteiger partial charge in [0.25, 0.3) is 5.56 Å². The molecule has 1 N–H and O–H groups in total. The van der Waals surface area contributed by atoms with E-state index in [1.54, 1.807) is 16.8 Å². The third kappa shape index (κ3) is 2.51. The van der Waals surface area contributed by atoms with Gasteiger partial charge in [-0.2, -0.15) is 0 Å². The first kappa shape index (κ1) is 16.4. The van der Waals surface area contributed by atoms with E-state index in [4.69, 9.17) is 4.74 Å².